The number of hydrogen-bond acceptors (Lipinski definition) is 5. The largest absolute Gasteiger partial charge is 0.493 e. The third-order valence-corrected chi connectivity index (χ3v) is 7.76. The van der Waals surface area contributed by atoms with Crippen LogP contribution >= 0.6 is 12.2 Å². The number of aromatic nitrogens is 1. The number of ether oxygens (including phenoxy) is 1. The van der Waals surface area contributed by atoms with Gasteiger partial charge in [-0.25, -0.2) is 0 Å². The van der Waals surface area contributed by atoms with Gasteiger partial charge in [-0.05, 0) is 61.6 Å². The van der Waals surface area contributed by atoms with Crippen LogP contribution in [0.3, 0.4) is 0 Å². The van der Waals surface area contributed by atoms with Crippen LogP contribution in [0.4, 0.5) is 5.69 Å². The molecule has 0 amide bonds. The topological polar surface area (TPSA) is 65.6 Å². The number of aromatic hydroxyl groups is 1. The van der Waals surface area contributed by atoms with E-state index in [-0.39, 0.29) is 11.5 Å². The molecule has 1 spiro atoms. The zero-order valence-electron chi connectivity index (χ0n) is 20.5. The number of unbranched alkanes of at least 4 members (excludes halogenated alkanes) is 1. The lowest BCUT2D eigenvalue weighted by Gasteiger charge is -2.39. The van der Waals surface area contributed by atoms with Gasteiger partial charge in [-0.2, -0.15) is 0 Å². The molecule has 1 fully saturated rings. The number of para-hydroxylation sites is 1. The number of nitrogens with zero attached hydrogens (tertiary/aromatic N) is 5. The molecule has 0 radical (unpaired) electrons. The van der Waals surface area contributed by atoms with Crippen LogP contribution in [0.1, 0.15) is 36.8 Å². The van der Waals surface area contributed by atoms with Gasteiger partial charge in [0.15, 0.2) is 5.69 Å². The third kappa shape index (κ3) is 4.70. The summed E-state index contributed by atoms with van der Waals surface area (Å²) in [4.78, 5) is 4.26. The van der Waals surface area contributed by atoms with Crippen molar-refractivity contribution in [2.45, 2.75) is 44.4 Å². The van der Waals surface area contributed by atoms with E-state index in [9.17, 15) is 5.11 Å². The molecule has 1 saturated heterocycles. The first kappa shape index (κ1) is 23.9. The summed E-state index contributed by atoms with van der Waals surface area (Å²) < 4.78 is 8.24. The Kier molecular flexibility index (Phi) is 6.86. The van der Waals surface area contributed by atoms with Crippen molar-refractivity contribution in [3.05, 3.63) is 59.7 Å². The van der Waals surface area contributed by atoms with Crippen molar-refractivity contribution in [3.8, 4) is 5.88 Å². The minimum Gasteiger partial charge on any atom is -0.493 e. The summed E-state index contributed by atoms with van der Waals surface area (Å²) in [5.74, 6) is 0.147. The van der Waals surface area contributed by atoms with Crippen molar-refractivity contribution in [1.29, 1.82) is 0 Å². The fraction of sp³-hybridized carbons (Fsp3) is 0.444. The molecular weight excluding hydrogens is 458 g/mol. The summed E-state index contributed by atoms with van der Waals surface area (Å²) in [6.07, 6.45) is 4.14. The van der Waals surface area contributed by atoms with E-state index >= 15 is 0 Å². The maximum absolute atomic E-state index is 10.9. The van der Waals surface area contributed by atoms with Crippen LogP contribution < -0.4 is 0 Å². The summed E-state index contributed by atoms with van der Waals surface area (Å²) in [6.45, 7) is 4.65. The first-order valence-corrected chi connectivity index (χ1v) is 12.8. The third-order valence-electron chi connectivity index (χ3n) is 7.32. The van der Waals surface area contributed by atoms with Crippen molar-refractivity contribution in [2.75, 3.05) is 33.7 Å². The Morgan fingerprint density at radius 3 is 2.57 bits per heavy atom. The molecule has 7 nitrogen and oxygen atoms in total. The second-order valence-electron chi connectivity index (χ2n) is 9.71. The number of hydrogen-bond donors (Lipinski definition) is 1. The molecule has 184 valence electrons. The highest BCUT2D eigenvalue weighted by Gasteiger charge is 2.42. The lowest BCUT2D eigenvalue weighted by Crippen LogP contribution is -2.42. The van der Waals surface area contributed by atoms with E-state index in [1.165, 1.54) is 11.1 Å². The van der Waals surface area contributed by atoms with Crippen LogP contribution in [-0.4, -0.2) is 58.3 Å². The summed E-state index contributed by atoms with van der Waals surface area (Å²) >= 11 is 5.21. The lowest BCUT2D eigenvalue weighted by molar-refractivity contribution is -0.0788. The fourth-order valence-corrected chi connectivity index (χ4v) is 5.36. The average molecular weight is 492 g/mol. The highest BCUT2D eigenvalue weighted by Crippen LogP contribution is 2.44. The van der Waals surface area contributed by atoms with Gasteiger partial charge >= 0.3 is 0 Å². The molecular formula is C27H33N5O2S. The SMILES string of the molecule is CN(C)C(=S)N=Nc1c(O)n(CCCCN2CCC3(CC2)OCc2ccccc23)c2ccccc12. The van der Waals surface area contributed by atoms with Gasteiger partial charge in [0.1, 0.15) is 0 Å². The molecule has 2 aliphatic rings. The number of likely N-dealkylation sites (tertiary alicyclic amines) is 1. The molecule has 35 heavy (non-hydrogen) atoms. The van der Waals surface area contributed by atoms with Crippen LogP contribution in [0.2, 0.25) is 0 Å². The molecule has 0 saturated carbocycles. The molecule has 0 atom stereocenters. The highest BCUT2D eigenvalue weighted by molar-refractivity contribution is 7.80. The van der Waals surface area contributed by atoms with Crippen LogP contribution in [-0.2, 0) is 23.5 Å². The first-order chi connectivity index (χ1) is 17.0. The zero-order valence-corrected chi connectivity index (χ0v) is 21.3. The van der Waals surface area contributed by atoms with E-state index in [1.807, 2.05) is 42.9 Å². The van der Waals surface area contributed by atoms with Crippen LogP contribution in [0, 0.1) is 0 Å². The Bertz CT molecular complexity index is 1240. The van der Waals surface area contributed by atoms with Gasteiger partial charge < -0.3 is 24.2 Å². The maximum atomic E-state index is 10.9. The molecule has 1 aromatic heterocycles. The standard InChI is InChI=1S/C27H33N5O2S/c1-30(2)26(35)29-28-24-21-10-4-6-12-23(21)32(25(24)33)16-8-7-15-31-17-13-27(14-18-31)22-11-5-3-9-20(22)19-34-27/h3-6,9-12,33H,7-8,13-19H2,1-2H3. The van der Waals surface area contributed by atoms with E-state index in [0.717, 1.165) is 69.4 Å². The van der Waals surface area contributed by atoms with E-state index in [4.69, 9.17) is 17.0 Å². The smallest absolute Gasteiger partial charge is 0.220 e. The van der Waals surface area contributed by atoms with Gasteiger partial charge in [0.25, 0.3) is 0 Å². The monoisotopic (exact) mass is 491 g/mol. The number of piperidine rings is 1. The summed E-state index contributed by atoms with van der Waals surface area (Å²) in [5, 5.41) is 20.6. The molecule has 0 aliphatic carbocycles. The van der Waals surface area contributed by atoms with Crippen molar-refractivity contribution < 1.29 is 9.84 Å². The van der Waals surface area contributed by atoms with E-state index in [1.54, 1.807) is 4.90 Å². The minimum absolute atomic E-state index is 0.0806. The molecule has 3 aromatic rings. The molecule has 0 bridgehead atoms. The second-order valence-corrected chi connectivity index (χ2v) is 10.1. The van der Waals surface area contributed by atoms with Crippen LogP contribution in [0.15, 0.2) is 58.8 Å². The number of thiocarbonyl (C=S) groups is 1. The molecule has 5 rings (SSSR count). The van der Waals surface area contributed by atoms with Crippen molar-refractivity contribution in [2.24, 2.45) is 10.2 Å². The van der Waals surface area contributed by atoms with Gasteiger partial charge in [-0.1, -0.05) is 42.5 Å². The number of rotatable bonds is 6. The van der Waals surface area contributed by atoms with Crippen LogP contribution in [0.5, 0.6) is 5.88 Å². The Labute approximate surface area is 212 Å². The minimum atomic E-state index is -0.0806. The second kappa shape index (κ2) is 10.0. The van der Waals surface area contributed by atoms with Crippen LogP contribution in [0.25, 0.3) is 10.9 Å². The summed E-state index contributed by atoms with van der Waals surface area (Å²) in [6, 6.07) is 16.6. The first-order valence-electron chi connectivity index (χ1n) is 12.4. The van der Waals surface area contributed by atoms with Gasteiger partial charge in [-0.3, -0.25) is 0 Å². The molecule has 3 heterocycles. The lowest BCUT2D eigenvalue weighted by atomic mass is 9.84. The molecule has 2 aromatic carbocycles. The fourth-order valence-electron chi connectivity index (χ4n) is 5.32. The molecule has 0 unspecified atom stereocenters. The maximum Gasteiger partial charge on any atom is 0.220 e. The quantitative estimate of drug-likeness (QED) is 0.277. The Morgan fingerprint density at radius 2 is 1.77 bits per heavy atom. The predicted octanol–water partition coefficient (Wildman–Crippen LogP) is 5.58. The Hall–Kier alpha value is -2.81. The van der Waals surface area contributed by atoms with Gasteiger partial charge in [0, 0.05) is 39.1 Å². The average Bonchev–Trinajstić information content (AvgIpc) is 3.36. The van der Waals surface area contributed by atoms with Crippen molar-refractivity contribution >= 4 is 33.9 Å². The van der Waals surface area contributed by atoms with Gasteiger partial charge in [-0.15, -0.1) is 10.2 Å². The molecule has 8 heteroatoms. The highest BCUT2D eigenvalue weighted by atomic mass is 32.1. The van der Waals surface area contributed by atoms with Gasteiger partial charge in [0.05, 0.1) is 17.7 Å². The summed E-state index contributed by atoms with van der Waals surface area (Å²) in [5.41, 5.74) is 4.11. The number of benzene rings is 2. The summed E-state index contributed by atoms with van der Waals surface area (Å²) in [7, 11) is 3.65. The number of azo groups is 1. The number of aryl methyl sites for hydroxylation is 1. The van der Waals surface area contributed by atoms with E-state index in [0.29, 0.717) is 10.8 Å². The zero-order chi connectivity index (χ0) is 24.4. The van der Waals surface area contributed by atoms with Crippen molar-refractivity contribution in [1.82, 2.24) is 14.4 Å². The molecule has 1 N–H and O–H groups in total. The Balaban J connectivity index is 1.18. The molecule has 2 aliphatic heterocycles. The van der Waals surface area contributed by atoms with E-state index in [2.05, 4.69) is 39.4 Å². The predicted molar refractivity (Wildman–Crippen MR) is 142 cm³/mol. The van der Waals surface area contributed by atoms with Gasteiger partial charge in [0.2, 0.25) is 11.0 Å². The normalized spacial score (nSPS) is 17.4. The number of fused-ring (bicyclic) bond motifs is 3. The van der Waals surface area contributed by atoms with Crippen molar-refractivity contribution in [3.63, 3.8) is 0 Å². The Morgan fingerprint density at radius 1 is 1.06 bits per heavy atom. The van der Waals surface area contributed by atoms with E-state index < -0.39 is 0 Å².